The van der Waals surface area contributed by atoms with Gasteiger partial charge in [-0.05, 0) is 88.0 Å². The van der Waals surface area contributed by atoms with Crippen LogP contribution in [-0.4, -0.2) is 14.5 Å². The number of hydrogen-bond acceptors (Lipinski definition) is 3. The van der Waals surface area contributed by atoms with Gasteiger partial charge in [0.15, 0.2) is 5.58 Å². The lowest BCUT2D eigenvalue weighted by Gasteiger charge is -2.13. The van der Waals surface area contributed by atoms with E-state index in [-0.39, 0.29) is 5.92 Å². The van der Waals surface area contributed by atoms with E-state index in [9.17, 15) is 0 Å². The fourth-order valence-corrected chi connectivity index (χ4v) is 8.18. The standard InChI is InChI=1S/C50H33N3O/c1-4-12-32(13-5-1)38-24-27-45-43(30-38)41-18-10-11-19-44(41)53(45)40-25-22-36-28-35(20-21-37(36)29-40)39-23-26-42-46(31-39)54-49-47(33-14-6-2-7-15-33)51-50(52-48(42)49)34-16-8-3-9-17-34/h1-16,18-31,34H,17H2. The Morgan fingerprint density at radius 2 is 1.22 bits per heavy atom. The van der Waals surface area contributed by atoms with Crippen LogP contribution >= 0.6 is 0 Å². The first-order valence-corrected chi connectivity index (χ1v) is 18.5. The summed E-state index contributed by atoms with van der Waals surface area (Å²) in [6, 6.07) is 56.4. The van der Waals surface area contributed by atoms with Gasteiger partial charge in [0.1, 0.15) is 22.6 Å². The molecule has 0 spiro atoms. The third kappa shape index (κ3) is 4.99. The van der Waals surface area contributed by atoms with E-state index < -0.39 is 0 Å². The number of allylic oxidation sites excluding steroid dienone is 4. The smallest absolute Gasteiger partial charge is 0.180 e. The van der Waals surface area contributed by atoms with Gasteiger partial charge in [-0.1, -0.05) is 133 Å². The van der Waals surface area contributed by atoms with E-state index in [1.807, 2.05) is 18.2 Å². The molecule has 0 N–H and O–H groups in total. The number of hydrogen-bond donors (Lipinski definition) is 0. The molecule has 3 aromatic heterocycles. The van der Waals surface area contributed by atoms with E-state index in [0.717, 1.165) is 62.4 Å². The van der Waals surface area contributed by atoms with Crippen molar-refractivity contribution in [3.05, 3.63) is 188 Å². The highest BCUT2D eigenvalue weighted by Gasteiger charge is 2.21. The minimum Gasteiger partial charge on any atom is -0.452 e. The van der Waals surface area contributed by atoms with Crippen molar-refractivity contribution in [2.45, 2.75) is 12.3 Å². The predicted molar refractivity (Wildman–Crippen MR) is 223 cm³/mol. The lowest BCUT2D eigenvalue weighted by atomic mass is 9.99. The van der Waals surface area contributed by atoms with Crippen LogP contribution in [-0.2, 0) is 0 Å². The molecule has 0 fully saturated rings. The zero-order valence-corrected chi connectivity index (χ0v) is 29.4. The second-order valence-corrected chi connectivity index (χ2v) is 14.1. The number of nitrogens with zero attached hydrogens (tertiary/aromatic N) is 3. The van der Waals surface area contributed by atoms with Crippen molar-refractivity contribution in [1.29, 1.82) is 0 Å². The highest BCUT2D eigenvalue weighted by Crippen LogP contribution is 2.39. The fraction of sp³-hybridized carbons (Fsp3) is 0.0400. The second-order valence-electron chi connectivity index (χ2n) is 14.1. The largest absolute Gasteiger partial charge is 0.452 e. The van der Waals surface area contributed by atoms with Gasteiger partial charge in [0.25, 0.3) is 0 Å². The van der Waals surface area contributed by atoms with Gasteiger partial charge in [0.05, 0.1) is 11.0 Å². The first kappa shape index (κ1) is 30.6. The Balaban J connectivity index is 0.992. The van der Waals surface area contributed by atoms with Crippen LogP contribution in [0.15, 0.2) is 186 Å². The van der Waals surface area contributed by atoms with E-state index >= 15 is 0 Å². The lowest BCUT2D eigenvalue weighted by molar-refractivity contribution is 0.664. The van der Waals surface area contributed by atoms with Gasteiger partial charge in [-0.15, -0.1) is 0 Å². The van der Waals surface area contributed by atoms with Gasteiger partial charge in [-0.2, -0.15) is 0 Å². The Hall–Kier alpha value is -7.04. The molecule has 4 heteroatoms. The second kappa shape index (κ2) is 12.3. The molecule has 3 heterocycles. The summed E-state index contributed by atoms with van der Waals surface area (Å²) in [6.45, 7) is 0. The molecule has 1 aliphatic carbocycles. The van der Waals surface area contributed by atoms with Gasteiger partial charge in [-0.25, -0.2) is 9.97 Å². The summed E-state index contributed by atoms with van der Waals surface area (Å²) in [7, 11) is 0. The normalized spacial score (nSPS) is 14.3. The van der Waals surface area contributed by atoms with Crippen LogP contribution in [0.1, 0.15) is 18.2 Å². The summed E-state index contributed by atoms with van der Waals surface area (Å²) in [4.78, 5) is 10.2. The van der Waals surface area contributed by atoms with Crippen LogP contribution in [0.4, 0.5) is 0 Å². The SMILES string of the molecule is C1=CCC(c2nc(-c3ccccc3)c3oc4cc(-c5ccc6cc(-n7c8ccccc8c8cc(-c9ccccc9)ccc87)ccc6c5)ccc4c3n2)C=C1. The predicted octanol–water partition coefficient (Wildman–Crippen LogP) is 13.2. The number of benzene rings is 7. The van der Waals surface area contributed by atoms with Gasteiger partial charge in [-0.3, -0.25) is 0 Å². The molecule has 1 unspecified atom stereocenters. The molecule has 0 aliphatic heterocycles. The van der Waals surface area contributed by atoms with Crippen molar-refractivity contribution in [2.75, 3.05) is 0 Å². The maximum Gasteiger partial charge on any atom is 0.180 e. The molecule has 254 valence electrons. The van der Waals surface area contributed by atoms with E-state index in [2.05, 4.69) is 168 Å². The minimum atomic E-state index is 0.131. The Kier molecular flexibility index (Phi) is 6.96. The first-order chi connectivity index (χ1) is 26.7. The number of aromatic nitrogens is 3. The van der Waals surface area contributed by atoms with E-state index in [1.165, 1.54) is 43.7 Å². The molecule has 10 aromatic rings. The number of furan rings is 1. The average Bonchev–Trinajstić information content (AvgIpc) is 3.79. The molecular weight excluding hydrogens is 659 g/mol. The average molecular weight is 692 g/mol. The number of rotatable bonds is 5. The van der Waals surface area contributed by atoms with Gasteiger partial charge in [0.2, 0.25) is 0 Å². The molecule has 0 saturated carbocycles. The maximum absolute atomic E-state index is 6.63. The van der Waals surface area contributed by atoms with E-state index in [1.54, 1.807) is 0 Å². The monoisotopic (exact) mass is 691 g/mol. The highest BCUT2D eigenvalue weighted by molar-refractivity contribution is 6.11. The highest BCUT2D eigenvalue weighted by atomic mass is 16.3. The van der Waals surface area contributed by atoms with Crippen LogP contribution < -0.4 is 0 Å². The molecule has 0 amide bonds. The molecule has 0 radical (unpaired) electrons. The molecule has 7 aromatic carbocycles. The Morgan fingerprint density at radius 3 is 2.07 bits per heavy atom. The number of para-hydroxylation sites is 1. The lowest BCUT2D eigenvalue weighted by Crippen LogP contribution is -2.04. The molecule has 4 nitrogen and oxygen atoms in total. The molecule has 11 rings (SSSR count). The molecular formula is C50H33N3O. The van der Waals surface area contributed by atoms with Crippen molar-refractivity contribution < 1.29 is 4.42 Å². The molecule has 1 aliphatic rings. The third-order valence-electron chi connectivity index (χ3n) is 10.9. The van der Waals surface area contributed by atoms with Crippen LogP contribution in [0, 0.1) is 0 Å². The Bertz CT molecular complexity index is 3130. The zero-order chi connectivity index (χ0) is 35.6. The Labute approximate surface area is 312 Å². The van der Waals surface area contributed by atoms with E-state index in [0.29, 0.717) is 0 Å². The first-order valence-electron chi connectivity index (χ1n) is 18.5. The van der Waals surface area contributed by atoms with Gasteiger partial charge >= 0.3 is 0 Å². The summed E-state index contributed by atoms with van der Waals surface area (Å²) < 4.78 is 9.02. The van der Waals surface area contributed by atoms with Crippen molar-refractivity contribution in [2.24, 2.45) is 0 Å². The van der Waals surface area contributed by atoms with Crippen LogP contribution in [0.3, 0.4) is 0 Å². The van der Waals surface area contributed by atoms with Crippen molar-refractivity contribution in [1.82, 2.24) is 14.5 Å². The minimum absolute atomic E-state index is 0.131. The molecule has 1 atom stereocenters. The third-order valence-corrected chi connectivity index (χ3v) is 10.9. The van der Waals surface area contributed by atoms with Crippen molar-refractivity contribution in [3.8, 4) is 39.2 Å². The molecule has 0 bridgehead atoms. The summed E-state index contributed by atoms with van der Waals surface area (Å²) in [6.07, 6.45) is 9.41. The quantitative estimate of drug-likeness (QED) is 0.180. The summed E-state index contributed by atoms with van der Waals surface area (Å²) in [5, 5.41) is 5.88. The summed E-state index contributed by atoms with van der Waals surface area (Å²) in [5.41, 5.74) is 12.5. The topological polar surface area (TPSA) is 43.9 Å². The molecule has 54 heavy (non-hydrogen) atoms. The number of fused-ring (bicyclic) bond motifs is 7. The summed E-state index contributed by atoms with van der Waals surface area (Å²) >= 11 is 0. The maximum atomic E-state index is 6.63. The zero-order valence-electron chi connectivity index (χ0n) is 29.4. The van der Waals surface area contributed by atoms with E-state index in [4.69, 9.17) is 14.4 Å². The van der Waals surface area contributed by atoms with Gasteiger partial charge < -0.3 is 8.98 Å². The molecule has 0 saturated heterocycles. The van der Waals surface area contributed by atoms with Crippen LogP contribution in [0.2, 0.25) is 0 Å². The van der Waals surface area contributed by atoms with Crippen molar-refractivity contribution in [3.63, 3.8) is 0 Å². The fourth-order valence-electron chi connectivity index (χ4n) is 8.18. The van der Waals surface area contributed by atoms with Crippen LogP contribution in [0.5, 0.6) is 0 Å². The Morgan fingerprint density at radius 1 is 0.519 bits per heavy atom. The summed E-state index contributed by atoms with van der Waals surface area (Å²) in [5.74, 6) is 0.951. The van der Waals surface area contributed by atoms with Crippen LogP contribution in [0.25, 0.3) is 93.8 Å². The van der Waals surface area contributed by atoms with Gasteiger partial charge in [0, 0.05) is 33.3 Å². The van der Waals surface area contributed by atoms with Crippen molar-refractivity contribution >= 4 is 54.6 Å².